The van der Waals surface area contributed by atoms with E-state index in [4.69, 9.17) is 11.6 Å². The van der Waals surface area contributed by atoms with Gasteiger partial charge in [0.25, 0.3) is 10.0 Å². The molecule has 0 aliphatic heterocycles. The largest absolute Gasteiger partial charge is 0.315 e. The van der Waals surface area contributed by atoms with E-state index in [1.165, 1.54) is 25.3 Å². The van der Waals surface area contributed by atoms with Crippen LogP contribution in [-0.2, 0) is 10.0 Å². The van der Waals surface area contributed by atoms with Crippen LogP contribution in [0.25, 0.3) is 0 Å². The van der Waals surface area contributed by atoms with E-state index < -0.39 is 14.9 Å². The molecule has 0 amide bonds. The van der Waals surface area contributed by atoms with Gasteiger partial charge in [0.15, 0.2) is 4.21 Å². The molecule has 2 rings (SSSR count). The zero-order chi connectivity index (χ0) is 13.3. The lowest BCUT2D eigenvalue weighted by Gasteiger charge is -2.05. The smallest absolute Gasteiger partial charge is 0.306 e. The number of sulfonamides is 1. The van der Waals surface area contributed by atoms with Crippen LogP contribution >= 0.6 is 22.9 Å². The Labute approximate surface area is 112 Å². The third-order valence-corrected chi connectivity index (χ3v) is 5.17. The van der Waals surface area contributed by atoms with E-state index >= 15 is 0 Å². The molecule has 2 heterocycles. The molecule has 18 heavy (non-hydrogen) atoms. The minimum absolute atomic E-state index is 0.0516. The highest BCUT2D eigenvalue weighted by Crippen LogP contribution is 2.19. The Bertz CT molecular complexity index is 718. The van der Waals surface area contributed by atoms with Crippen LogP contribution in [0.1, 0.15) is 5.69 Å². The maximum absolute atomic E-state index is 12.0. The SMILES string of the molecule is Cc1[nH]c(=O)sc1S(=O)(=O)Nc1ccc(Cl)cn1. The lowest BCUT2D eigenvalue weighted by molar-refractivity contribution is 0.602. The van der Waals surface area contributed by atoms with Gasteiger partial charge in [-0.15, -0.1) is 0 Å². The van der Waals surface area contributed by atoms with Crippen LogP contribution in [0.15, 0.2) is 27.3 Å². The van der Waals surface area contributed by atoms with E-state index in [1.54, 1.807) is 0 Å². The van der Waals surface area contributed by atoms with Gasteiger partial charge >= 0.3 is 4.87 Å². The first-order valence-corrected chi connectivity index (χ1v) is 7.40. The number of nitrogens with zero attached hydrogens (tertiary/aromatic N) is 1. The van der Waals surface area contributed by atoms with Gasteiger partial charge in [-0.2, -0.15) is 0 Å². The van der Waals surface area contributed by atoms with Crippen molar-refractivity contribution in [2.45, 2.75) is 11.1 Å². The van der Waals surface area contributed by atoms with Crippen LogP contribution in [0.3, 0.4) is 0 Å². The summed E-state index contributed by atoms with van der Waals surface area (Å²) in [4.78, 5) is 16.9. The minimum Gasteiger partial charge on any atom is -0.315 e. The third kappa shape index (κ3) is 2.71. The molecular formula is C9H8ClN3O3S2. The number of hydrogen-bond donors (Lipinski definition) is 2. The number of aromatic nitrogens is 2. The van der Waals surface area contributed by atoms with E-state index in [1.807, 2.05) is 0 Å². The second-order valence-corrected chi connectivity index (χ2v) is 6.69. The first-order valence-electron chi connectivity index (χ1n) is 4.72. The quantitative estimate of drug-likeness (QED) is 0.901. The fourth-order valence-corrected chi connectivity index (χ4v) is 3.69. The summed E-state index contributed by atoms with van der Waals surface area (Å²) in [5, 5.41) is 0.403. The number of rotatable bonds is 3. The molecule has 2 aromatic heterocycles. The summed E-state index contributed by atoms with van der Waals surface area (Å²) >= 11 is 6.27. The summed E-state index contributed by atoms with van der Waals surface area (Å²) in [5.41, 5.74) is 0.298. The van der Waals surface area contributed by atoms with Gasteiger partial charge < -0.3 is 4.98 Å². The predicted octanol–water partition coefficient (Wildman–Crippen LogP) is 1.59. The highest BCUT2D eigenvalue weighted by molar-refractivity contribution is 7.94. The zero-order valence-corrected chi connectivity index (χ0v) is 11.5. The number of nitrogens with one attached hydrogen (secondary N) is 2. The van der Waals surface area contributed by atoms with E-state index in [2.05, 4.69) is 14.7 Å². The van der Waals surface area contributed by atoms with Crippen molar-refractivity contribution in [3.63, 3.8) is 0 Å². The van der Waals surface area contributed by atoms with Crippen molar-refractivity contribution in [2.24, 2.45) is 0 Å². The lowest BCUT2D eigenvalue weighted by atomic mass is 10.5. The van der Waals surface area contributed by atoms with Crippen molar-refractivity contribution in [2.75, 3.05) is 4.72 Å². The summed E-state index contributed by atoms with van der Waals surface area (Å²) in [5.74, 6) is 0.139. The molecule has 6 nitrogen and oxygen atoms in total. The Hall–Kier alpha value is -1.38. The molecule has 0 fully saturated rings. The number of halogens is 1. The molecule has 2 aromatic rings. The fourth-order valence-electron chi connectivity index (χ4n) is 1.27. The zero-order valence-electron chi connectivity index (χ0n) is 9.10. The summed E-state index contributed by atoms with van der Waals surface area (Å²) in [6.07, 6.45) is 1.33. The topological polar surface area (TPSA) is 91.9 Å². The standard InChI is InChI=1S/C9H8ClN3O3S2/c1-5-8(17-9(14)12-5)18(15,16)13-7-3-2-6(10)4-11-7/h2-4H,1H3,(H,11,13)(H,12,14). The Balaban J connectivity index is 2.36. The molecule has 0 aliphatic rings. The van der Waals surface area contributed by atoms with Crippen molar-refractivity contribution >= 4 is 38.8 Å². The maximum atomic E-state index is 12.0. The Morgan fingerprint density at radius 1 is 1.44 bits per heavy atom. The van der Waals surface area contributed by atoms with Crippen LogP contribution in [0, 0.1) is 6.92 Å². The van der Waals surface area contributed by atoms with E-state index in [0.29, 0.717) is 22.1 Å². The van der Waals surface area contributed by atoms with Gasteiger partial charge in [-0.05, 0) is 19.1 Å². The summed E-state index contributed by atoms with van der Waals surface area (Å²) in [7, 11) is -3.80. The molecule has 0 atom stereocenters. The van der Waals surface area contributed by atoms with Gasteiger partial charge in [0.2, 0.25) is 0 Å². The number of anilines is 1. The van der Waals surface area contributed by atoms with Gasteiger partial charge in [-0.1, -0.05) is 22.9 Å². The third-order valence-electron chi connectivity index (χ3n) is 1.99. The molecule has 96 valence electrons. The number of hydrogen-bond acceptors (Lipinski definition) is 5. The minimum atomic E-state index is -3.80. The average molecular weight is 306 g/mol. The first kappa shape index (κ1) is 13.1. The van der Waals surface area contributed by atoms with Crippen molar-refractivity contribution in [3.05, 3.63) is 38.7 Å². The molecule has 0 radical (unpaired) electrons. The Kier molecular flexibility index (Phi) is 3.42. The number of aromatic amines is 1. The fraction of sp³-hybridized carbons (Fsp3) is 0.111. The van der Waals surface area contributed by atoms with Crippen molar-refractivity contribution in [3.8, 4) is 0 Å². The van der Waals surface area contributed by atoms with E-state index in [0.717, 1.165) is 0 Å². The van der Waals surface area contributed by atoms with Gasteiger partial charge in [0.1, 0.15) is 5.82 Å². The van der Waals surface area contributed by atoms with Gasteiger partial charge in [0, 0.05) is 11.9 Å². The highest BCUT2D eigenvalue weighted by Gasteiger charge is 2.20. The summed E-state index contributed by atoms with van der Waals surface area (Å²) < 4.78 is 26.2. The Morgan fingerprint density at radius 3 is 2.67 bits per heavy atom. The number of aryl methyl sites for hydroxylation is 1. The molecule has 0 unspecified atom stereocenters. The molecule has 0 spiro atoms. The molecule has 0 aliphatic carbocycles. The van der Waals surface area contributed by atoms with Gasteiger partial charge in [-0.3, -0.25) is 9.52 Å². The number of pyridine rings is 1. The lowest BCUT2D eigenvalue weighted by Crippen LogP contribution is -2.13. The van der Waals surface area contributed by atoms with Crippen LogP contribution in [0.5, 0.6) is 0 Å². The molecular weight excluding hydrogens is 298 g/mol. The van der Waals surface area contributed by atoms with Gasteiger partial charge in [-0.25, -0.2) is 13.4 Å². The molecule has 0 aromatic carbocycles. The monoisotopic (exact) mass is 305 g/mol. The number of H-pyrrole nitrogens is 1. The van der Waals surface area contributed by atoms with Gasteiger partial charge in [0.05, 0.1) is 5.02 Å². The number of thiazole rings is 1. The summed E-state index contributed by atoms with van der Waals surface area (Å²) in [6, 6.07) is 2.95. The maximum Gasteiger partial charge on any atom is 0.306 e. The van der Waals surface area contributed by atoms with Crippen molar-refractivity contribution < 1.29 is 8.42 Å². The van der Waals surface area contributed by atoms with Crippen LogP contribution in [-0.4, -0.2) is 18.4 Å². The first-order chi connectivity index (χ1) is 8.38. The molecule has 0 saturated heterocycles. The Morgan fingerprint density at radius 2 is 2.17 bits per heavy atom. The predicted molar refractivity (Wildman–Crippen MR) is 69.7 cm³/mol. The highest BCUT2D eigenvalue weighted by atomic mass is 35.5. The van der Waals surface area contributed by atoms with E-state index in [9.17, 15) is 13.2 Å². The van der Waals surface area contributed by atoms with Crippen LogP contribution in [0.2, 0.25) is 5.02 Å². The molecule has 9 heteroatoms. The average Bonchev–Trinajstić information content (AvgIpc) is 2.62. The molecule has 0 saturated carbocycles. The van der Waals surface area contributed by atoms with Crippen molar-refractivity contribution in [1.29, 1.82) is 0 Å². The molecule has 2 N–H and O–H groups in total. The van der Waals surface area contributed by atoms with Crippen molar-refractivity contribution in [1.82, 2.24) is 9.97 Å². The van der Waals surface area contributed by atoms with Crippen LogP contribution in [0.4, 0.5) is 5.82 Å². The second kappa shape index (κ2) is 4.71. The van der Waals surface area contributed by atoms with E-state index in [-0.39, 0.29) is 10.0 Å². The second-order valence-electron chi connectivity index (χ2n) is 3.39. The normalized spacial score (nSPS) is 11.4. The molecule has 0 bridgehead atoms. The summed E-state index contributed by atoms with van der Waals surface area (Å²) in [6.45, 7) is 1.52. The van der Waals surface area contributed by atoms with Crippen LogP contribution < -0.4 is 9.60 Å².